The van der Waals surface area contributed by atoms with Crippen molar-refractivity contribution in [3.05, 3.63) is 48.0 Å². The fraction of sp³-hybridized carbons (Fsp3) is 0.529. The van der Waals surface area contributed by atoms with Gasteiger partial charge in [-0.15, -0.1) is 0 Å². The Bertz CT molecular complexity index is 402. The van der Waals surface area contributed by atoms with Gasteiger partial charge in [-0.3, -0.25) is 0 Å². The molecule has 3 atom stereocenters. The van der Waals surface area contributed by atoms with Crippen molar-refractivity contribution < 1.29 is 14.6 Å². The number of benzene rings is 1. The van der Waals surface area contributed by atoms with Gasteiger partial charge in [0.05, 0.1) is 31.5 Å². The Morgan fingerprint density at radius 2 is 2.10 bits per heavy atom. The lowest BCUT2D eigenvalue weighted by Crippen LogP contribution is -2.20. The van der Waals surface area contributed by atoms with Crippen molar-refractivity contribution in [1.82, 2.24) is 0 Å². The number of aliphatic hydroxyl groups is 1. The van der Waals surface area contributed by atoms with Gasteiger partial charge in [0.2, 0.25) is 0 Å². The van der Waals surface area contributed by atoms with Crippen molar-refractivity contribution in [1.29, 1.82) is 0 Å². The first-order valence-electron chi connectivity index (χ1n) is 7.39. The number of allylic oxidation sites excluding steroid dienone is 1. The van der Waals surface area contributed by atoms with Crippen LogP contribution in [0, 0.1) is 0 Å². The van der Waals surface area contributed by atoms with Gasteiger partial charge < -0.3 is 14.6 Å². The molecule has 1 heterocycles. The van der Waals surface area contributed by atoms with Crippen LogP contribution >= 0.6 is 0 Å². The summed E-state index contributed by atoms with van der Waals surface area (Å²) in [6.07, 6.45) is 6.21. The van der Waals surface area contributed by atoms with E-state index in [0.717, 1.165) is 18.4 Å². The van der Waals surface area contributed by atoms with Crippen LogP contribution in [0.1, 0.15) is 31.7 Å². The molecule has 1 aliphatic heterocycles. The average molecular weight is 276 g/mol. The Labute approximate surface area is 121 Å². The molecule has 1 fully saturated rings. The molecule has 3 heteroatoms. The van der Waals surface area contributed by atoms with Gasteiger partial charge in [0.1, 0.15) is 0 Å². The number of hydrogen-bond donors (Lipinski definition) is 1. The molecule has 1 aromatic carbocycles. The Kier molecular flexibility index (Phi) is 6.25. The summed E-state index contributed by atoms with van der Waals surface area (Å²) in [6, 6.07) is 10.1. The van der Waals surface area contributed by atoms with Gasteiger partial charge in [-0.1, -0.05) is 49.4 Å². The zero-order valence-corrected chi connectivity index (χ0v) is 12.1. The van der Waals surface area contributed by atoms with Crippen molar-refractivity contribution >= 4 is 0 Å². The van der Waals surface area contributed by atoms with Crippen LogP contribution in [-0.2, 0) is 16.1 Å². The van der Waals surface area contributed by atoms with E-state index in [2.05, 4.69) is 19.1 Å². The maximum absolute atomic E-state index is 9.96. The van der Waals surface area contributed by atoms with E-state index in [1.54, 1.807) is 0 Å². The molecular formula is C17H24O3. The lowest BCUT2D eigenvalue weighted by Gasteiger charge is -2.13. The lowest BCUT2D eigenvalue weighted by atomic mass is 10.1. The number of aliphatic hydroxyl groups excluding tert-OH is 1. The lowest BCUT2D eigenvalue weighted by molar-refractivity contribution is -0.0296. The zero-order valence-electron chi connectivity index (χ0n) is 12.1. The minimum absolute atomic E-state index is 0.00809. The van der Waals surface area contributed by atoms with Crippen LogP contribution in [0.2, 0.25) is 0 Å². The number of hydrogen-bond acceptors (Lipinski definition) is 3. The second-order valence-electron chi connectivity index (χ2n) is 5.22. The topological polar surface area (TPSA) is 38.7 Å². The van der Waals surface area contributed by atoms with Gasteiger partial charge in [0, 0.05) is 6.42 Å². The van der Waals surface area contributed by atoms with Gasteiger partial charge in [-0.05, 0) is 18.4 Å². The molecule has 1 saturated heterocycles. The summed E-state index contributed by atoms with van der Waals surface area (Å²) in [7, 11) is 0. The third kappa shape index (κ3) is 4.75. The molecular weight excluding hydrogens is 252 g/mol. The van der Waals surface area contributed by atoms with Gasteiger partial charge in [-0.25, -0.2) is 0 Å². The molecule has 0 aliphatic carbocycles. The normalized spacial score (nSPS) is 26.4. The largest absolute Gasteiger partial charge is 0.390 e. The van der Waals surface area contributed by atoms with Crippen LogP contribution in [0.3, 0.4) is 0 Å². The van der Waals surface area contributed by atoms with E-state index < -0.39 is 0 Å². The molecule has 0 saturated carbocycles. The van der Waals surface area contributed by atoms with Crippen molar-refractivity contribution in [3.63, 3.8) is 0 Å². The van der Waals surface area contributed by atoms with Crippen LogP contribution < -0.4 is 0 Å². The van der Waals surface area contributed by atoms with Gasteiger partial charge in [0.15, 0.2) is 0 Å². The van der Waals surface area contributed by atoms with Crippen LogP contribution in [-0.4, -0.2) is 30.0 Å². The second kappa shape index (κ2) is 8.20. The summed E-state index contributed by atoms with van der Waals surface area (Å²) >= 11 is 0. The first-order chi connectivity index (χ1) is 9.79. The van der Waals surface area contributed by atoms with E-state index in [1.807, 2.05) is 30.3 Å². The van der Waals surface area contributed by atoms with E-state index >= 15 is 0 Å². The smallest absolute Gasteiger partial charge is 0.0874 e. The van der Waals surface area contributed by atoms with Crippen LogP contribution in [0.5, 0.6) is 0 Å². The number of ether oxygens (including phenoxy) is 2. The molecule has 2 rings (SSSR count). The second-order valence-corrected chi connectivity index (χ2v) is 5.22. The molecule has 1 N–H and O–H groups in total. The molecule has 0 radical (unpaired) electrons. The van der Waals surface area contributed by atoms with Crippen LogP contribution in [0.4, 0.5) is 0 Å². The van der Waals surface area contributed by atoms with Crippen molar-refractivity contribution in [3.8, 4) is 0 Å². The van der Waals surface area contributed by atoms with Crippen LogP contribution in [0.15, 0.2) is 42.5 Å². The highest BCUT2D eigenvalue weighted by atomic mass is 16.6. The highest BCUT2D eigenvalue weighted by Gasteiger charge is 2.32. The molecule has 0 unspecified atom stereocenters. The fourth-order valence-electron chi connectivity index (χ4n) is 2.41. The predicted octanol–water partition coefficient (Wildman–Crippen LogP) is 3.08. The first-order valence-corrected chi connectivity index (χ1v) is 7.39. The molecule has 0 amide bonds. The summed E-state index contributed by atoms with van der Waals surface area (Å²) in [4.78, 5) is 0. The van der Waals surface area contributed by atoms with Gasteiger partial charge >= 0.3 is 0 Å². The van der Waals surface area contributed by atoms with Crippen molar-refractivity contribution in [2.45, 2.75) is 51.1 Å². The van der Waals surface area contributed by atoms with Crippen molar-refractivity contribution in [2.75, 3.05) is 6.61 Å². The minimum atomic E-state index is -0.373. The fourth-order valence-corrected chi connectivity index (χ4v) is 2.41. The highest BCUT2D eigenvalue weighted by Crippen LogP contribution is 2.23. The highest BCUT2D eigenvalue weighted by molar-refractivity contribution is 5.13. The summed E-state index contributed by atoms with van der Waals surface area (Å²) in [5, 5.41) is 9.96. The summed E-state index contributed by atoms with van der Waals surface area (Å²) in [6.45, 7) is 3.24. The SMILES string of the molecule is CC/C=C/C[C@H]1O[C@@H](COCc2ccccc2)C[C@H]1O. The molecule has 0 spiro atoms. The maximum atomic E-state index is 9.96. The molecule has 1 aromatic rings. The maximum Gasteiger partial charge on any atom is 0.0874 e. The van der Waals surface area contributed by atoms with E-state index in [9.17, 15) is 5.11 Å². The Hall–Kier alpha value is -1.16. The molecule has 0 bridgehead atoms. The summed E-state index contributed by atoms with van der Waals surface area (Å²) in [5.41, 5.74) is 1.16. The molecule has 0 aromatic heterocycles. The first kappa shape index (κ1) is 15.2. The molecule has 110 valence electrons. The Morgan fingerprint density at radius 1 is 1.30 bits per heavy atom. The van der Waals surface area contributed by atoms with Crippen molar-refractivity contribution in [2.24, 2.45) is 0 Å². The monoisotopic (exact) mass is 276 g/mol. The average Bonchev–Trinajstić information content (AvgIpc) is 2.81. The number of rotatable bonds is 7. The van der Waals surface area contributed by atoms with Gasteiger partial charge in [0.25, 0.3) is 0 Å². The zero-order chi connectivity index (χ0) is 14.2. The molecule has 3 nitrogen and oxygen atoms in total. The summed E-state index contributed by atoms with van der Waals surface area (Å²) in [5.74, 6) is 0. The Morgan fingerprint density at radius 3 is 2.85 bits per heavy atom. The Balaban J connectivity index is 1.68. The van der Waals surface area contributed by atoms with E-state index in [0.29, 0.717) is 19.6 Å². The van der Waals surface area contributed by atoms with E-state index in [-0.39, 0.29) is 18.3 Å². The standard InChI is InChI=1S/C17H24O3/c1-2-3-5-10-17-16(18)11-15(20-17)13-19-12-14-8-6-4-7-9-14/h3-9,15-18H,2,10-13H2,1H3/b5-3+/t15-,16-,17-/m1/s1. The molecule has 1 aliphatic rings. The molecule has 20 heavy (non-hydrogen) atoms. The third-order valence-corrected chi connectivity index (χ3v) is 3.49. The van der Waals surface area contributed by atoms with Crippen LogP contribution in [0.25, 0.3) is 0 Å². The summed E-state index contributed by atoms with van der Waals surface area (Å²) < 4.78 is 11.5. The quantitative estimate of drug-likeness (QED) is 0.778. The predicted molar refractivity (Wildman–Crippen MR) is 79.4 cm³/mol. The van der Waals surface area contributed by atoms with Gasteiger partial charge in [-0.2, -0.15) is 0 Å². The van der Waals surface area contributed by atoms with E-state index in [1.165, 1.54) is 0 Å². The third-order valence-electron chi connectivity index (χ3n) is 3.49. The van der Waals surface area contributed by atoms with E-state index in [4.69, 9.17) is 9.47 Å². The minimum Gasteiger partial charge on any atom is -0.390 e.